The van der Waals surface area contributed by atoms with Crippen LogP contribution in [0.5, 0.6) is 0 Å². The molecule has 0 fully saturated rings. The van der Waals surface area contributed by atoms with E-state index in [9.17, 15) is 9.59 Å². The number of carbonyl (C=O) groups is 2. The minimum atomic E-state index is -0.467. The first-order valence-electron chi connectivity index (χ1n) is 6.43. The van der Waals surface area contributed by atoms with E-state index in [0.29, 0.717) is 13.1 Å². The van der Waals surface area contributed by atoms with Gasteiger partial charge in [-0.3, -0.25) is 9.59 Å². The number of likely N-dealkylation sites (N-methyl/N-ethyl adjacent to an activating group) is 1. The van der Waals surface area contributed by atoms with E-state index in [0.717, 1.165) is 4.88 Å². The average Bonchev–Trinajstić information content (AvgIpc) is 2.84. The van der Waals surface area contributed by atoms with Crippen molar-refractivity contribution in [3.63, 3.8) is 0 Å². The molecular formula is C14H22N2O2S. The zero-order valence-corrected chi connectivity index (χ0v) is 12.8. The number of rotatable bonds is 5. The Balaban J connectivity index is 2.48. The molecule has 106 valence electrons. The van der Waals surface area contributed by atoms with Crippen LogP contribution in [0, 0.1) is 5.41 Å². The Hall–Kier alpha value is -1.36. The molecule has 0 aromatic carbocycles. The van der Waals surface area contributed by atoms with Gasteiger partial charge in [0.2, 0.25) is 11.8 Å². The molecule has 1 N–H and O–H groups in total. The molecule has 0 unspecified atom stereocenters. The monoisotopic (exact) mass is 282 g/mol. The van der Waals surface area contributed by atoms with E-state index in [-0.39, 0.29) is 18.4 Å². The predicted octanol–water partition coefficient (Wildman–Crippen LogP) is 2.26. The van der Waals surface area contributed by atoms with Gasteiger partial charge >= 0.3 is 0 Å². The van der Waals surface area contributed by atoms with Crippen LogP contribution in [-0.2, 0) is 16.1 Å². The van der Waals surface area contributed by atoms with Crippen LogP contribution in [0.4, 0.5) is 0 Å². The van der Waals surface area contributed by atoms with Crippen LogP contribution < -0.4 is 5.32 Å². The maximum absolute atomic E-state index is 12.0. The zero-order chi connectivity index (χ0) is 14.5. The molecule has 5 heteroatoms. The maximum atomic E-state index is 12.0. The van der Waals surface area contributed by atoms with Crippen molar-refractivity contribution in [1.82, 2.24) is 10.2 Å². The van der Waals surface area contributed by atoms with Gasteiger partial charge in [-0.25, -0.2) is 0 Å². The topological polar surface area (TPSA) is 49.4 Å². The predicted molar refractivity (Wildman–Crippen MR) is 77.9 cm³/mol. The third-order valence-electron chi connectivity index (χ3n) is 2.74. The Morgan fingerprint density at radius 2 is 2.05 bits per heavy atom. The minimum Gasteiger partial charge on any atom is -0.347 e. The number of nitrogens with zero attached hydrogens (tertiary/aromatic N) is 1. The highest BCUT2D eigenvalue weighted by atomic mass is 32.1. The van der Waals surface area contributed by atoms with Crippen molar-refractivity contribution in [2.24, 2.45) is 5.41 Å². The van der Waals surface area contributed by atoms with Gasteiger partial charge in [0, 0.05) is 16.8 Å². The first-order chi connectivity index (χ1) is 8.84. The second kappa shape index (κ2) is 6.70. The summed E-state index contributed by atoms with van der Waals surface area (Å²) in [5.41, 5.74) is -0.467. The fourth-order valence-corrected chi connectivity index (χ4v) is 2.22. The molecule has 0 aliphatic rings. The van der Waals surface area contributed by atoms with Gasteiger partial charge in [0.25, 0.3) is 0 Å². The van der Waals surface area contributed by atoms with E-state index in [4.69, 9.17) is 0 Å². The van der Waals surface area contributed by atoms with Gasteiger partial charge in [-0.05, 0) is 18.4 Å². The summed E-state index contributed by atoms with van der Waals surface area (Å²) in [6, 6.07) is 3.98. The number of hydrogen-bond acceptors (Lipinski definition) is 3. The third-order valence-corrected chi connectivity index (χ3v) is 3.60. The fourth-order valence-electron chi connectivity index (χ4n) is 1.50. The van der Waals surface area contributed by atoms with Crippen molar-refractivity contribution in [1.29, 1.82) is 0 Å². The molecule has 0 aliphatic carbocycles. The lowest BCUT2D eigenvalue weighted by Crippen LogP contribution is -2.43. The first-order valence-corrected chi connectivity index (χ1v) is 7.31. The van der Waals surface area contributed by atoms with Crippen molar-refractivity contribution in [2.75, 3.05) is 13.1 Å². The molecule has 1 aromatic heterocycles. The summed E-state index contributed by atoms with van der Waals surface area (Å²) in [6.07, 6.45) is 0. The maximum Gasteiger partial charge on any atom is 0.242 e. The molecule has 1 rings (SSSR count). The molecule has 0 radical (unpaired) electrons. The van der Waals surface area contributed by atoms with E-state index in [1.807, 2.05) is 45.2 Å². The van der Waals surface area contributed by atoms with Gasteiger partial charge < -0.3 is 10.2 Å². The molecule has 1 aromatic rings. The van der Waals surface area contributed by atoms with Gasteiger partial charge in [0.15, 0.2) is 0 Å². The largest absolute Gasteiger partial charge is 0.347 e. The van der Waals surface area contributed by atoms with Crippen LogP contribution in [0.15, 0.2) is 17.5 Å². The van der Waals surface area contributed by atoms with E-state index in [2.05, 4.69) is 5.32 Å². The summed E-state index contributed by atoms with van der Waals surface area (Å²) in [5.74, 6) is -0.151. The number of amides is 2. The van der Waals surface area contributed by atoms with Crippen molar-refractivity contribution in [3.05, 3.63) is 22.4 Å². The third kappa shape index (κ3) is 5.03. The van der Waals surface area contributed by atoms with Gasteiger partial charge in [-0.1, -0.05) is 26.8 Å². The summed E-state index contributed by atoms with van der Waals surface area (Å²) in [6.45, 7) is 8.75. The molecule has 2 amide bonds. The van der Waals surface area contributed by atoms with Gasteiger partial charge in [0.05, 0.1) is 13.1 Å². The van der Waals surface area contributed by atoms with Crippen LogP contribution in [0.25, 0.3) is 0 Å². The Morgan fingerprint density at radius 1 is 1.37 bits per heavy atom. The first kappa shape index (κ1) is 15.7. The lowest BCUT2D eigenvalue weighted by atomic mass is 9.96. The van der Waals surface area contributed by atoms with Crippen molar-refractivity contribution < 1.29 is 9.59 Å². The Kier molecular flexibility index (Phi) is 5.54. The van der Waals surface area contributed by atoms with E-state index < -0.39 is 5.41 Å². The molecular weight excluding hydrogens is 260 g/mol. The smallest absolute Gasteiger partial charge is 0.242 e. The Morgan fingerprint density at radius 3 is 2.53 bits per heavy atom. The lowest BCUT2D eigenvalue weighted by Gasteiger charge is -2.22. The SMILES string of the molecule is CCN(Cc1cccs1)C(=O)CNC(=O)C(C)(C)C. The van der Waals surface area contributed by atoms with Crippen molar-refractivity contribution in [3.8, 4) is 0 Å². The summed E-state index contributed by atoms with van der Waals surface area (Å²) >= 11 is 1.63. The number of thiophene rings is 1. The Labute approximate surface area is 118 Å². The highest BCUT2D eigenvalue weighted by Gasteiger charge is 2.22. The fraction of sp³-hybridized carbons (Fsp3) is 0.571. The quantitative estimate of drug-likeness (QED) is 0.900. The average molecular weight is 282 g/mol. The van der Waals surface area contributed by atoms with Gasteiger partial charge in [0.1, 0.15) is 0 Å². The summed E-state index contributed by atoms with van der Waals surface area (Å²) in [7, 11) is 0. The molecule has 0 spiro atoms. The zero-order valence-electron chi connectivity index (χ0n) is 12.0. The van der Waals surface area contributed by atoms with E-state index in [1.165, 1.54) is 0 Å². The highest BCUT2D eigenvalue weighted by molar-refractivity contribution is 7.09. The van der Waals surface area contributed by atoms with E-state index >= 15 is 0 Å². The summed E-state index contributed by atoms with van der Waals surface area (Å²) < 4.78 is 0. The molecule has 0 saturated carbocycles. The molecule has 0 saturated heterocycles. The molecule has 0 aliphatic heterocycles. The number of carbonyl (C=O) groups excluding carboxylic acids is 2. The lowest BCUT2D eigenvalue weighted by molar-refractivity contribution is -0.135. The van der Waals surface area contributed by atoms with E-state index in [1.54, 1.807) is 16.2 Å². The van der Waals surface area contributed by atoms with Gasteiger partial charge in [-0.2, -0.15) is 0 Å². The van der Waals surface area contributed by atoms with Crippen LogP contribution in [0.3, 0.4) is 0 Å². The van der Waals surface area contributed by atoms with Crippen LogP contribution in [0.2, 0.25) is 0 Å². The second-order valence-electron chi connectivity index (χ2n) is 5.42. The normalized spacial score (nSPS) is 11.2. The standard InChI is InChI=1S/C14H22N2O2S/c1-5-16(10-11-7-6-8-19-11)12(17)9-15-13(18)14(2,3)4/h6-8H,5,9-10H2,1-4H3,(H,15,18). The highest BCUT2D eigenvalue weighted by Crippen LogP contribution is 2.13. The van der Waals surface area contributed by atoms with Crippen LogP contribution >= 0.6 is 11.3 Å². The summed E-state index contributed by atoms with van der Waals surface area (Å²) in [5, 5.41) is 4.69. The van der Waals surface area contributed by atoms with Gasteiger partial charge in [-0.15, -0.1) is 11.3 Å². The second-order valence-corrected chi connectivity index (χ2v) is 6.45. The molecule has 19 heavy (non-hydrogen) atoms. The minimum absolute atomic E-state index is 0.0477. The van der Waals surface area contributed by atoms with Crippen LogP contribution in [0.1, 0.15) is 32.6 Å². The number of nitrogens with one attached hydrogen (secondary N) is 1. The Bertz CT molecular complexity index is 421. The molecule has 0 bridgehead atoms. The molecule has 4 nitrogen and oxygen atoms in total. The van der Waals surface area contributed by atoms with Crippen LogP contribution in [-0.4, -0.2) is 29.8 Å². The number of hydrogen-bond donors (Lipinski definition) is 1. The molecule has 1 heterocycles. The molecule has 0 atom stereocenters. The van der Waals surface area contributed by atoms with Crippen molar-refractivity contribution in [2.45, 2.75) is 34.2 Å². The van der Waals surface area contributed by atoms with Crippen molar-refractivity contribution >= 4 is 23.2 Å². The summed E-state index contributed by atoms with van der Waals surface area (Å²) in [4.78, 5) is 26.7.